The molecule has 1 atom stereocenters. The van der Waals surface area contributed by atoms with Crippen molar-refractivity contribution in [3.63, 3.8) is 0 Å². The fourth-order valence-corrected chi connectivity index (χ4v) is 2.05. The quantitative estimate of drug-likeness (QED) is 0.631. The van der Waals surface area contributed by atoms with Crippen molar-refractivity contribution in [2.45, 2.75) is 26.0 Å². The van der Waals surface area contributed by atoms with E-state index in [2.05, 4.69) is 21.7 Å². The molecule has 0 saturated carbocycles. The molecule has 0 saturated heterocycles. The van der Waals surface area contributed by atoms with Crippen LogP contribution in [0.5, 0.6) is 5.88 Å². The van der Waals surface area contributed by atoms with E-state index in [9.17, 15) is 10.4 Å². The standard InChI is InChI=1S/C18H22N4O2.2ClH/c1-13(2)21-11-15(23)12-24-18-16(10-19)17(8-9-20-18)22-14-6-4-3-5-7-14;;/h3-9,13,15,21,23H,11-12H2,1-2H3,(H,20,22);2*1H. The van der Waals surface area contributed by atoms with Crippen molar-refractivity contribution in [1.82, 2.24) is 10.3 Å². The third kappa shape index (κ3) is 7.46. The number of aliphatic hydroxyl groups is 1. The van der Waals surface area contributed by atoms with Gasteiger partial charge in [-0.05, 0) is 18.2 Å². The molecule has 2 aromatic rings. The van der Waals surface area contributed by atoms with Crippen LogP contribution in [0.25, 0.3) is 0 Å². The number of benzene rings is 1. The number of aromatic nitrogens is 1. The van der Waals surface area contributed by atoms with Crippen LogP contribution < -0.4 is 15.4 Å². The van der Waals surface area contributed by atoms with Crippen LogP contribution in [-0.2, 0) is 0 Å². The Bertz CT molecular complexity index is 693. The minimum atomic E-state index is -0.675. The van der Waals surface area contributed by atoms with Gasteiger partial charge in [-0.1, -0.05) is 32.0 Å². The highest BCUT2D eigenvalue weighted by Gasteiger charge is 2.13. The fourth-order valence-electron chi connectivity index (χ4n) is 2.05. The predicted octanol–water partition coefficient (Wildman–Crippen LogP) is 3.28. The molecule has 0 aliphatic heterocycles. The topological polar surface area (TPSA) is 90.2 Å². The van der Waals surface area contributed by atoms with Gasteiger partial charge in [0.1, 0.15) is 24.3 Å². The van der Waals surface area contributed by atoms with Gasteiger partial charge in [-0.2, -0.15) is 5.26 Å². The van der Waals surface area contributed by atoms with Crippen LogP contribution >= 0.6 is 24.8 Å². The fraction of sp³-hybridized carbons (Fsp3) is 0.333. The zero-order chi connectivity index (χ0) is 17.4. The molecule has 0 bridgehead atoms. The van der Waals surface area contributed by atoms with Crippen molar-refractivity contribution >= 4 is 36.2 Å². The molecule has 1 heterocycles. The molecule has 1 unspecified atom stereocenters. The zero-order valence-corrected chi connectivity index (χ0v) is 16.3. The van der Waals surface area contributed by atoms with E-state index < -0.39 is 6.10 Å². The number of pyridine rings is 1. The first-order chi connectivity index (χ1) is 11.6. The Morgan fingerprint density at radius 2 is 1.88 bits per heavy atom. The Balaban J connectivity index is 0.00000312. The van der Waals surface area contributed by atoms with Gasteiger partial charge in [0.25, 0.3) is 0 Å². The van der Waals surface area contributed by atoms with Gasteiger partial charge in [-0.25, -0.2) is 4.98 Å². The Morgan fingerprint density at radius 1 is 1.19 bits per heavy atom. The first-order valence-corrected chi connectivity index (χ1v) is 7.85. The maximum atomic E-state index is 9.91. The second-order valence-corrected chi connectivity index (χ2v) is 5.67. The van der Waals surface area contributed by atoms with Crippen LogP contribution in [-0.4, -0.2) is 35.4 Å². The van der Waals surface area contributed by atoms with Crippen molar-refractivity contribution in [3.05, 3.63) is 48.2 Å². The van der Waals surface area contributed by atoms with Gasteiger partial charge in [0.2, 0.25) is 5.88 Å². The third-order valence-corrected chi connectivity index (χ3v) is 3.25. The van der Waals surface area contributed by atoms with Crippen molar-refractivity contribution < 1.29 is 9.84 Å². The number of halogens is 2. The van der Waals surface area contributed by atoms with Crippen LogP contribution in [0.3, 0.4) is 0 Å². The van der Waals surface area contributed by atoms with Crippen molar-refractivity contribution in [2.24, 2.45) is 0 Å². The summed E-state index contributed by atoms with van der Waals surface area (Å²) in [7, 11) is 0. The lowest BCUT2D eigenvalue weighted by Crippen LogP contribution is -2.35. The summed E-state index contributed by atoms with van der Waals surface area (Å²) in [5, 5.41) is 25.6. The average Bonchev–Trinajstić information content (AvgIpc) is 2.59. The molecule has 142 valence electrons. The van der Waals surface area contributed by atoms with E-state index in [1.165, 1.54) is 0 Å². The number of para-hydroxylation sites is 1. The lowest BCUT2D eigenvalue weighted by molar-refractivity contribution is 0.102. The number of nitrogens with one attached hydrogen (secondary N) is 2. The first-order valence-electron chi connectivity index (χ1n) is 7.85. The number of hydrogen-bond donors (Lipinski definition) is 3. The van der Waals surface area contributed by atoms with E-state index in [4.69, 9.17) is 4.74 Å². The van der Waals surface area contributed by atoms with Crippen molar-refractivity contribution in [1.29, 1.82) is 5.26 Å². The summed E-state index contributed by atoms with van der Waals surface area (Å²) in [6.45, 7) is 4.49. The monoisotopic (exact) mass is 398 g/mol. The van der Waals surface area contributed by atoms with Crippen LogP contribution in [0.1, 0.15) is 19.4 Å². The van der Waals surface area contributed by atoms with E-state index in [0.29, 0.717) is 17.8 Å². The Hall–Kier alpha value is -2.04. The van der Waals surface area contributed by atoms with E-state index in [1.54, 1.807) is 12.3 Å². The summed E-state index contributed by atoms with van der Waals surface area (Å²) in [5.74, 6) is 0.210. The van der Waals surface area contributed by atoms with E-state index in [1.807, 2.05) is 44.2 Å². The SMILES string of the molecule is CC(C)NCC(O)COc1nccc(Nc2ccccc2)c1C#N.Cl.Cl. The molecule has 0 aliphatic rings. The number of ether oxygens (including phenoxy) is 1. The lowest BCUT2D eigenvalue weighted by atomic mass is 10.2. The third-order valence-electron chi connectivity index (χ3n) is 3.25. The average molecular weight is 399 g/mol. The molecule has 0 fully saturated rings. The summed E-state index contributed by atoms with van der Waals surface area (Å²) in [5.41, 5.74) is 1.79. The van der Waals surface area contributed by atoms with Gasteiger partial charge >= 0.3 is 0 Å². The lowest BCUT2D eigenvalue weighted by Gasteiger charge is -2.16. The van der Waals surface area contributed by atoms with E-state index in [-0.39, 0.29) is 43.3 Å². The molecule has 2 rings (SSSR count). The number of nitriles is 1. The number of aliphatic hydroxyl groups excluding tert-OH is 1. The Morgan fingerprint density at radius 3 is 2.50 bits per heavy atom. The summed E-state index contributed by atoms with van der Waals surface area (Å²) >= 11 is 0. The van der Waals surface area contributed by atoms with Crippen LogP contribution in [0.2, 0.25) is 0 Å². The normalized spacial score (nSPS) is 10.9. The highest BCUT2D eigenvalue weighted by atomic mass is 35.5. The molecular formula is C18H24Cl2N4O2. The number of anilines is 2. The molecule has 0 aliphatic carbocycles. The second-order valence-electron chi connectivity index (χ2n) is 5.67. The largest absolute Gasteiger partial charge is 0.474 e. The van der Waals surface area contributed by atoms with E-state index in [0.717, 1.165) is 5.69 Å². The first kappa shape index (κ1) is 24.0. The molecule has 1 aromatic carbocycles. The molecule has 0 amide bonds. The Kier molecular flexibility index (Phi) is 11.4. The minimum absolute atomic E-state index is 0. The van der Waals surface area contributed by atoms with Crippen LogP contribution in [0.15, 0.2) is 42.6 Å². The van der Waals surface area contributed by atoms with Gasteiger partial charge in [-0.3, -0.25) is 0 Å². The molecule has 3 N–H and O–H groups in total. The van der Waals surface area contributed by atoms with Gasteiger partial charge in [0, 0.05) is 24.5 Å². The molecule has 0 radical (unpaired) electrons. The van der Waals surface area contributed by atoms with Gasteiger partial charge in [0.15, 0.2) is 0 Å². The molecular weight excluding hydrogens is 375 g/mol. The highest BCUT2D eigenvalue weighted by molar-refractivity contribution is 5.85. The molecule has 8 heteroatoms. The predicted molar refractivity (Wildman–Crippen MR) is 108 cm³/mol. The minimum Gasteiger partial charge on any atom is -0.474 e. The summed E-state index contributed by atoms with van der Waals surface area (Å²) in [6.07, 6.45) is 0.895. The highest BCUT2D eigenvalue weighted by Crippen LogP contribution is 2.26. The van der Waals surface area contributed by atoms with Crippen molar-refractivity contribution in [2.75, 3.05) is 18.5 Å². The van der Waals surface area contributed by atoms with E-state index >= 15 is 0 Å². The smallest absolute Gasteiger partial charge is 0.233 e. The number of hydrogen-bond acceptors (Lipinski definition) is 6. The summed E-state index contributed by atoms with van der Waals surface area (Å²) in [6, 6.07) is 13.7. The number of rotatable bonds is 8. The molecule has 26 heavy (non-hydrogen) atoms. The van der Waals surface area contributed by atoms with Crippen molar-refractivity contribution in [3.8, 4) is 11.9 Å². The van der Waals surface area contributed by atoms with Crippen LogP contribution in [0, 0.1) is 11.3 Å². The Labute approximate surface area is 166 Å². The van der Waals surface area contributed by atoms with Gasteiger partial charge < -0.3 is 20.5 Å². The van der Waals surface area contributed by atoms with Gasteiger partial charge in [0.05, 0.1) is 5.69 Å². The van der Waals surface area contributed by atoms with Gasteiger partial charge in [-0.15, -0.1) is 24.8 Å². The van der Waals surface area contributed by atoms with Crippen LogP contribution in [0.4, 0.5) is 11.4 Å². The maximum Gasteiger partial charge on any atom is 0.233 e. The zero-order valence-electron chi connectivity index (χ0n) is 14.7. The molecule has 0 spiro atoms. The summed E-state index contributed by atoms with van der Waals surface area (Å²) < 4.78 is 5.54. The molecule has 1 aromatic heterocycles. The maximum absolute atomic E-state index is 9.91. The summed E-state index contributed by atoms with van der Waals surface area (Å²) in [4.78, 5) is 4.10. The second kappa shape index (κ2) is 12.3. The molecule has 6 nitrogen and oxygen atoms in total. The number of nitrogens with zero attached hydrogens (tertiary/aromatic N) is 2.